The fourth-order valence-corrected chi connectivity index (χ4v) is 3.33. The van der Waals surface area contributed by atoms with Crippen molar-refractivity contribution < 1.29 is 9.18 Å². The lowest BCUT2D eigenvalue weighted by molar-refractivity contribution is -0.119. The van der Waals surface area contributed by atoms with E-state index in [-0.39, 0.29) is 11.8 Å². The van der Waals surface area contributed by atoms with Gasteiger partial charge >= 0.3 is 0 Å². The quantitative estimate of drug-likeness (QED) is 0.761. The number of hydrogen-bond donors (Lipinski definition) is 1. The lowest BCUT2D eigenvalue weighted by Gasteiger charge is -2.13. The smallest absolute Gasteiger partial charge is 0.228 e. The van der Waals surface area contributed by atoms with Gasteiger partial charge in [0.15, 0.2) is 11.6 Å². The van der Waals surface area contributed by atoms with Crippen LogP contribution >= 0.6 is 0 Å². The van der Waals surface area contributed by atoms with Crippen LogP contribution in [0.3, 0.4) is 0 Å². The Hall–Kier alpha value is -3.22. The number of carbonyl (C=O) groups excluding carboxylic acids is 1. The van der Waals surface area contributed by atoms with E-state index in [4.69, 9.17) is 0 Å². The Balaban J connectivity index is 1.74. The van der Waals surface area contributed by atoms with Crippen LogP contribution in [0, 0.1) is 11.7 Å². The summed E-state index contributed by atoms with van der Waals surface area (Å²) >= 11 is 0. The standard InChI is InChI=1S/C20H18FN5O/c21-16-11-23-9-7-15(16)19-18(14-6-3-8-22-10-14)25-17(12-24-19)26-20(27)13-4-1-2-5-13/h3,6-13H,1-2,4-5H2,(H,25,26,27). The topological polar surface area (TPSA) is 80.7 Å². The number of nitrogens with zero attached hydrogens (tertiary/aromatic N) is 4. The van der Waals surface area contributed by atoms with Crippen LogP contribution in [0.4, 0.5) is 10.2 Å². The zero-order valence-electron chi connectivity index (χ0n) is 14.6. The average molecular weight is 363 g/mol. The highest BCUT2D eigenvalue weighted by Gasteiger charge is 2.23. The molecule has 3 heterocycles. The third-order valence-electron chi connectivity index (χ3n) is 4.71. The van der Waals surface area contributed by atoms with E-state index in [0.717, 1.165) is 31.9 Å². The fraction of sp³-hybridized carbons (Fsp3) is 0.250. The van der Waals surface area contributed by atoms with Gasteiger partial charge in [-0.25, -0.2) is 14.4 Å². The molecule has 1 aliphatic carbocycles. The summed E-state index contributed by atoms with van der Waals surface area (Å²) in [6.45, 7) is 0. The van der Waals surface area contributed by atoms with E-state index < -0.39 is 5.82 Å². The molecule has 0 aromatic carbocycles. The average Bonchev–Trinajstić information content (AvgIpc) is 3.24. The minimum absolute atomic E-state index is 0.0194. The van der Waals surface area contributed by atoms with Crippen molar-refractivity contribution in [2.45, 2.75) is 25.7 Å². The lowest BCUT2D eigenvalue weighted by Crippen LogP contribution is -2.21. The Morgan fingerprint density at radius 1 is 1.04 bits per heavy atom. The Morgan fingerprint density at radius 3 is 2.59 bits per heavy atom. The molecule has 3 aromatic heterocycles. The number of halogens is 1. The molecule has 1 N–H and O–H groups in total. The van der Waals surface area contributed by atoms with E-state index in [1.165, 1.54) is 12.4 Å². The lowest BCUT2D eigenvalue weighted by atomic mass is 10.1. The summed E-state index contributed by atoms with van der Waals surface area (Å²) in [6.07, 6.45) is 11.3. The van der Waals surface area contributed by atoms with Crippen LogP contribution in [0.25, 0.3) is 22.5 Å². The van der Waals surface area contributed by atoms with Crippen molar-refractivity contribution in [3.8, 4) is 22.5 Å². The maximum absolute atomic E-state index is 14.3. The number of anilines is 1. The minimum atomic E-state index is -0.486. The summed E-state index contributed by atoms with van der Waals surface area (Å²) in [4.78, 5) is 29.2. The molecule has 4 rings (SSSR count). The molecule has 0 atom stereocenters. The van der Waals surface area contributed by atoms with E-state index in [9.17, 15) is 9.18 Å². The fourth-order valence-electron chi connectivity index (χ4n) is 3.33. The van der Waals surface area contributed by atoms with Crippen molar-refractivity contribution >= 4 is 11.7 Å². The van der Waals surface area contributed by atoms with Gasteiger partial charge in [-0.15, -0.1) is 0 Å². The van der Waals surface area contributed by atoms with Crippen LogP contribution in [0.5, 0.6) is 0 Å². The Kier molecular flexibility index (Phi) is 4.82. The Bertz CT molecular complexity index is 958. The molecule has 0 unspecified atom stereocenters. The molecule has 1 aliphatic rings. The molecule has 0 bridgehead atoms. The second kappa shape index (κ2) is 7.57. The van der Waals surface area contributed by atoms with Gasteiger partial charge in [-0.3, -0.25) is 14.8 Å². The number of pyridine rings is 2. The first kappa shape index (κ1) is 17.2. The molecule has 7 heteroatoms. The van der Waals surface area contributed by atoms with Crippen LogP contribution in [0.2, 0.25) is 0 Å². The maximum atomic E-state index is 14.3. The number of nitrogens with one attached hydrogen (secondary N) is 1. The highest BCUT2D eigenvalue weighted by molar-refractivity contribution is 5.92. The Morgan fingerprint density at radius 2 is 1.85 bits per heavy atom. The molecule has 1 saturated carbocycles. The number of rotatable bonds is 4. The van der Waals surface area contributed by atoms with Gasteiger partial charge < -0.3 is 5.32 Å². The summed E-state index contributed by atoms with van der Waals surface area (Å²) in [5.41, 5.74) is 1.82. The van der Waals surface area contributed by atoms with Crippen molar-refractivity contribution in [1.29, 1.82) is 0 Å². The van der Waals surface area contributed by atoms with Crippen molar-refractivity contribution in [1.82, 2.24) is 19.9 Å². The Labute approximate surface area is 155 Å². The first-order valence-corrected chi connectivity index (χ1v) is 8.90. The summed E-state index contributed by atoms with van der Waals surface area (Å²) < 4.78 is 14.3. The zero-order valence-corrected chi connectivity index (χ0v) is 14.6. The molecule has 3 aromatic rings. The zero-order chi connectivity index (χ0) is 18.6. The van der Waals surface area contributed by atoms with Crippen LogP contribution < -0.4 is 5.32 Å². The van der Waals surface area contributed by atoms with Crippen LogP contribution in [0.15, 0.2) is 49.2 Å². The number of amides is 1. The number of aromatic nitrogens is 4. The summed E-state index contributed by atoms with van der Waals surface area (Å²) in [5.74, 6) is -0.156. The summed E-state index contributed by atoms with van der Waals surface area (Å²) in [6, 6.07) is 5.14. The molecule has 1 fully saturated rings. The summed E-state index contributed by atoms with van der Waals surface area (Å²) in [7, 11) is 0. The van der Waals surface area contributed by atoms with E-state index >= 15 is 0 Å². The van der Waals surface area contributed by atoms with Gasteiger partial charge in [0.2, 0.25) is 5.91 Å². The molecular formula is C20H18FN5O. The SMILES string of the molecule is O=C(Nc1cnc(-c2ccncc2F)c(-c2cccnc2)n1)C1CCCC1. The predicted molar refractivity (Wildman–Crippen MR) is 99.0 cm³/mol. The van der Waals surface area contributed by atoms with E-state index in [1.54, 1.807) is 24.5 Å². The van der Waals surface area contributed by atoms with Crippen LogP contribution in [-0.4, -0.2) is 25.8 Å². The first-order chi connectivity index (χ1) is 13.2. The number of hydrogen-bond acceptors (Lipinski definition) is 5. The molecule has 136 valence electrons. The second-order valence-electron chi connectivity index (χ2n) is 6.52. The molecule has 0 radical (unpaired) electrons. The first-order valence-electron chi connectivity index (χ1n) is 8.90. The van der Waals surface area contributed by atoms with Gasteiger partial charge in [0.05, 0.1) is 18.1 Å². The van der Waals surface area contributed by atoms with Crippen LogP contribution in [-0.2, 0) is 4.79 Å². The molecule has 0 spiro atoms. The van der Waals surface area contributed by atoms with Gasteiger partial charge in [-0.2, -0.15) is 0 Å². The van der Waals surface area contributed by atoms with Gasteiger partial charge in [0.1, 0.15) is 5.69 Å². The minimum Gasteiger partial charge on any atom is -0.309 e. The van der Waals surface area contributed by atoms with Crippen molar-refractivity contribution in [2.75, 3.05) is 5.32 Å². The molecule has 1 amide bonds. The summed E-state index contributed by atoms with van der Waals surface area (Å²) in [5, 5.41) is 2.85. The largest absolute Gasteiger partial charge is 0.309 e. The van der Waals surface area contributed by atoms with E-state index in [0.29, 0.717) is 28.3 Å². The van der Waals surface area contributed by atoms with Gasteiger partial charge in [0, 0.05) is 35.6 Å². The van der Waals surface area contributed by atoms with Crippen molar-refractivity contribution in [2.24, 2.45) is 5.92 Å². The third kappa shape index (κ3) is 3.67. The molecular weight excluding hydrogens is 345 g/mol. The van der Waals surface area contributed by atoms with Gasteiger partial charge in [-0.1, -0.05) is 12.8 Å². The van der Waals surface area contributed by atoms with E-state index in [1.807, 2.05) is 6.07 Å². The predicted octanol–water partition coefficient (Wildman–Crippen LogP) is 3.87. The third-order valence-corrected chi connectivity index (χ3v) is 4.71. The van der Waals surface area contributed by atoms with Crippen molar-refractivity contribution in [3.63, 3.8) is 0 Å². The van der Waals surface area contributed by atoms with Gasteiger partial charge in [0.25, 0.3) is 0 Å². The highest BCUT2D eigenvalue weighted by Crippen LogP contribution is 2.31. The van der Waals surface area contributed by atoms with Gasteiger partial charge in [-0.05, 0) is 31.0 Å². The molecule has 0 aliphatic heterocycles. The monoisotopic (exact) mass is 363 g/mol. The maximum Gasteiger partial charge on any atom is 0.228 e. The molecule has 0 saturated heterocycles. The normalized spacial score (nSPS) is 14.3. The van der Waals surface area contributed by atoms with Crippen molar-refractivity contribution in [3.05, 3.63) is 55.0 Å². The molecule has 6 nitrogen and oxygen atoms in total. The highest BCUT2D eigenvalue weighted by atomic mass is 19.1. The number of carbonyl (C=O) groups is 1. The second-order valence-corrected chi connectivity index (χ2v) is 6.52. The molecule has 27 heavy (non-hydrogen) atoms. The van der Waals surface area contributed by atoms with E-state index in [2.05, 4.69) is 25.3 Å². The van der Waals surface area contributed by atoms with Crippen LogP contribution in [0.1, 0.15) is 25.7 Å².